The average Bonchev–Trinajstić information content (AvgIpc) is 2.02. The van der Waals surface area contributed by atoms with Gasteiger partial charge in [0.2, 0.25) is 0 Å². The van der Waals surface area contributed by atoms with Gasteiger partial charge in [-0.05, 0) is 24.2 Å². The lowest BCUT2D eigenvalue weighted by atomic mass is 9.90. The minimum atomic E-state index is 0.703. The third kappa shape index (κ3) is 5.40. The van der Waals surface area contributed by atoms with E-state index in [0.717, 1.165) is 11.8 Å². The molecule has 0 spiro atoms. The molecule has 0 bridgehead atoms. The van der Waals surface area contributed by atoms with Crippen molar-refractivity contribution in [1.82, 2.24) is 0 Å². The molecule has 2 unspecified atom stereocenters. The molecular weight excluding hydrogens is 144 g/mol. The molecule has 0 fully saturated rings. The summed E-state index contributed by atoms with van der Waals surface area (Å²) in [5.41, 5.74) is 0. The summed E-state index contributed by atoms with van der Waals surface area (Å²) >= 11 is 0. The number of allylic oxidation sites excluding steroid dienone is 2. The van der Waals surface area contributed by atoms with E-state index in [1.54, 1.807) is 0 Å². The highest BCUT2D eigenvalue weighted by Gasteiger charge is 2.07. The van der Waals surface area contributed by atoms with Gasteiger partial charge in [0.1, 0.15) is 0 Å². The average molecular weight is 168 g/mol. The Kier molecular flexibility index (Phi) is 6.14. The fraction of sp³-hybridized carbons (Fsp3) is 0.833. The molecule has 0 N–H and O–H groups in total. The molecule has 0 aliphatic heterocycles. The molecule has 0 aromatic carbocycles. The van der Waals surface area contributed by atoms with Crippen LogP contribution in [0.3, 0.4) is 0 Å². The predicted octanol–water partition coefficient (Wildman–Crippen LogP) is 4.27. The van der Waals surface area contributed by atoms with Crippen molar-refractivity contribution in [1.29, 1.82) is 0 Å². The maximum absolute atomic E-state index is 2.35. The normalized spacial score (nSPS) is 17.2. The quantitative estimate of drug-likeness (QED) is 0.538. The van der Waals surface area contributed by atoms with Gasteiger partial charge in [-0.2, -0.15) is 0 Å². The van der Waals surface area contributed by atoms with Crippen molar-refractivity contribution >= 4 is 0 Å². The molecule has 12 heavy (non-hydrogen) atoms. The first kappa shape index (κ1) is 11.7. The molecule has 0 amide bonds. The summed E-state index contributed by atoms with van der Waals surface area (Å²) in [5, 5.41) is 0. The predicted molar refractivity (Wildman–Crippen MR) is 57.2 cm³/mol. The molecule has 0 aromatic rings. The van der Waals surface area contributed by atoms with Crippen molar-refractivity contribution in [3.63, 3.8) is 0 Å². The van der Waals surface area contributed by atoms with Crippen LogP contribution in [0.4, 0.5) is 0 Å². The van der Waals surface area contributed by atoms with Gasteiger partial charge < -0.3 is 0 Å². The fourth-order valence-electron chi connectivity index (χ4n) is 1.20. The van der Waals surface area contributed by atoms with Gasteiger partial charge in [-0.15, -0.1) is 0 Å². The van der Waals surface area contributed by atoms with Crippen molar-refractivity contribution in [2.24, 2.45) is 17.8 Å². The summed E-state index contributed by atoms with van der Waals surface area (Å²) < 4.78 is 0. The molecular formula is C12H24. The van der Waals surface area contributed by atoms with Gasteiger partial charge in [-0.1, -0.05) is 53.2 Å². The minimum absolute atomic E-state index is 0.703. The zero-order valence-corrected chi connectivity index (χ0v) is 9.30. The summed E-state index contributed by atoms with van der Waals surface area (Å²) in [4.78, 5) is 0. The Hall–Kier alpha value is -0.260. The van der Waals surface area contributed by atoms with Crippen molar-refractivity contribution in [2.75, 3.05) is 0 Å². The van der Waals surface area contributed by atoms with Gasteiger partial charge in [-0.25, -0.2) is 0 Å². The van der Waals surface area contributed by atoms with Crippen LogP contribution >= 0.6 is 0 Å². The molecule has 0 nitrogen and oxygen atoms in total. The van der Waals surface area contributed by atoms with Crippen molar-refractivity contribution in [2.45, 2.75) is 47.5 Å². The maximum atomic E-state index is 2.35. The Morgan fingerprint density at radius 1 is 1.00 bits per heavy atom. The molecule has 0 saturated carbocycles. The highest BCUT2D eigenvalue weighted by Crippen LogP contribution is 2.18. The Morgan fingerprint density at radius 3 is 2.00 bits per heavy atom. The number of hydrogen-bond donors (Lipinski definition) is 0. The van der Waals surface area contributed by atoms with Gasteiger partial charge in [-0.3, -0.25) is 0 Å². The van der Waals surface area contributed by atoms with Crippen LogP contribution in [-0.2, 0) is 0 Å². The minimum Gasteiger partial charge on any atom is -0.0880 e. The molecule has 0 heteroatoms. The third-order valence-corrected chi connectivity index (χ3v) is 2.64. The van der Waals surface area contributed by atoms with Crippen molar-refractivity contribution in [3.05, 3.63) is 12.2 Å². The highest BCUT2D eigenvalue weighted by molar-refractivity contribution is 4.86. The van der Waals surface area contributed by atoms with Gasteiger partial charge in [0.25, 0.3) is 0 Å². The fourth-order valence-corrected chi connectivity index (χ4v) is 1.20. The zero-order valence-electron chi connectivity index (χ0n) is 9.30. The second-order valence-corrected chi connectivity index (χ2v) is 4.27. The molecule has 0 rings (SSSR count). The summed E-state index contributed by atoms with van der Waals surface area (Å²) in [6, 6.07) is 0. The van der Waals surface area contributed by atoms with Crippen LogP contribution in [0.25, 0.3) is 0 Å². The standard InChI is InChI=1S/C12H24/c1-6-11(4)12(5)9-7-8-10(2)3/h7-8,10-12H,6,9H2,1-5H3. The maximum Gasteiger partial charge on any atom is -0.0290 e. The lowest BCUT2D eigenvalue weighted by molar-refractivity contribution is 0.380. The van der Waals surface area contributed by atoms with E-state index >= 15 is 0 Å². The van der Waals surface area contributed by atoms with Gasteiger partial charge in [0, 0.05) is 0 Å². The summed E-state index contributed by atoms with van der Waals surface area (Å²) in [6.07, 6.45) is 7.18. The largest absolute Gasteiger partial charge is 0.0880 e. The summed E-state index contributed by atoms with van der Waals surface area (Å²) in [6.45, 7) is 11.4. The Bertz CT molecular complexity index is 122. The monoisotopic (exact) mass is 168 g/mol. The molecule has 0 saturated heterocycles. The number of hydrogen-bond acceptors (Lipinski definition) is 0. The van der Waals surface area contributed by atoms with Gasteiger partial charge >= 0.3 is 0 Å². The topological polar surface area (TPSA) is 0 Å². The first-order valence-electron chi connectivity index (χ1n) is 5.24. The van der Waals surface area contributed by atoms with Crippen LogP contribution in [0.1, 0.15) is 47.5 Å². The van der Waals surface area contributed by atoms with E-state index in [9.17, 15) is 0 Å². The van der Waals surface area contributed by atoms with Gasteiger partial charge in [0.05, 0.1) is 0 Å². The molecule has 0 radical (unpaired) electrons. The second-order valence-electron chi connectivity index (χ2n) is 4.27. The van der Waals surface area contributed by atoms with E-state index in [4.69, 9.17) is 0 Å². The van der Waals surface area contributed by atoms with E-state index in [1.165, 1.54) is 12.8 Å². The van der Waals surface area contributed by atoms with E-state index in [1.807, 2.05) is 0 Å². The van der Waals surface area contributed by atoms with Gasteiger partial charge in [0.15, 0.2) is 0 Å². The molecule has 0 aromatic heterocycles. The Labute approximate surface area is 78.1 Å². The van der Waals surface area contributed by atoms with Crippen LogP contribution in [0.5, 0.6) is 0 Å². The molecule has 0 aliphatic carbocycles. The molecule has 0 heterocycles. The zero-order chi connectivity index (χ0) is 9.56. The third-order valence-electron chi connectivity index (χ3n) is 2.64. The second kappa shape index (κ2) is 6.28. The van der Waals surface area contributed by atoms with E-state index in [0.29, 0.717) is 5.92 Å². The van der Waals surface area contributed by atoms with Crippen LogP contribution < -0.4 is 0 Å². The van der Waals surface area contributed by atoms with Crippen molar-refractivity contribution in [3.8, 4) is 0 Å². The van der Waals surface area contributed by atoms with Crippen LogP contribution in [0.2, 0.25) is 0 Å². The van der Waals surface area contributed by atoms with E-state index < -0.39 is 0 Å². The lowest BCUT2D eigenvalue weighted by Gasteiger charge is -2.15. The summed E-state index contributed by atoms with van der Waals surface area (Å²) in [7, 11) is 0. The Morgan fingerprint density at radius 2 is 1.58 bits per heavy atom. The highest BCUT2D eigenvalue weighted by atomic mass is 14.1. The Balaban J connectivity index is 3.62. The molecule has 0 aliphatic rings. The van der Waals surface area contributed by atoms with E-state index in [-0.39, 0.29) is 0 Å². The van der Waals surface area contributed by atoms with Crippen LogP contribution in [0.15, 0.2) is 12.2 Å². The number of rotatable bonds is 5. The smallest absolute Gasteiger partial charge is 0.0290 e. The molecule has 72 valence electrons. The SMILES string of the molecule is CCC(C)C(C)CC=CC(C)C. The first-order valence-corrected chi connectivity index (χ1v) is 5.24. The van der Waals surface area contributed by atoms with E-state index in [2.05, 4.69) is 46.8 Å². The first-order chi connectivity index (χ1) is 5.57. The molecule has 2 atom stereocenters. The van der Waals surface area contributed by atoms with Crippen molar-refractivity contribution < 1.29 is 0 Å². The van der Waals surface area contributed by atoms with Crippen LogP contribution in [0, 0.1) is 17.8 Å². The lowest BCUT2D eigenvalue weighted by Crippen LogP contribution is -2.05. The summed E-state index contributed by atoms with van der Waals surface area (Å²) in [5.74, 6) is 2.40. The van der Waals surface area contributed by atoms with Crippen LogP contribution in [-0.4, -0.2) is 0 Å².